The van der Waals surface area contributed by atoms with Crippen LogP contribution in [0.25, 0.3) is 11.3 Å². The van der Waals surface area contributed by atoms with E-state index in [1.165, 1.54) is 24.1 Å². The lowest BCUT2D eigenvalue weighted by Gasteiger charge is -2.35. The number of hydrogen-bond acceptors (Lipinski definition) is 2. The number of aryl methyl sites for hydroxylation is 1. The number of benzene rings is 3. The zero-order chi connectivity index (χ0) is 28.2. The van der Waals surface area contributed by atoms with Crippen LogP contribution in [0.4, 0.5) is 10.1 Å². The fraction of sp³-hybridized carbons (Fsp3) is 0.314. The Labute approximate surface area is 240 Å². The highest BCUT2D eigenvalue weighted by Crippen LogP contribution is 2.37. The van der Waals surface area contributed by atoms with Crippen LogP contribution in [-0.4, -0.2) is 22.8 Å². The van der Waals surface area contributed by atoms with Gasteiger partial charge in [0.25, 0.3) is 5.91 Å². The van der Waals surface area contributed by atoms with Crippen molar-refractivity contribution in [2.75, 3.05) is 4.90 Å². The molecular formula is C35H36FN3O2. The van der Waals surface area contributed by atoms with E-state index >= 15 is 0 Å². The molecule has 2 amide bonds. The van der Waals surface area contributed by atoms with Crippen molar-refractivity contribution in [2.45, 2.75) is 69.9 Å². The minimum absolute atomic E-state index is 0.0657. The van der Waals surface area contributed by atoms with Crippen molar-refractivity contribution < 1.29 is 14.0 Å². The van der Waals surface area contributed by atoms with Crippen LogP contribution in [-0.2, 0) is 17.6 Å². The number of carbonyl (C=O) groups excluding carboxylic acids is 2. The quantitative estimate of drug-likeness (QED) is 0.250. The summed E-state index contributed by atoms with van der Waals surface area (Å²) in [6.45, 7) is 0. The first-order valence-electron chi connectivity index (χ1n) is 14.8. The van der Waals surface area contributed by atoms with Gasteiger partial charge in [0, 0.05) is 17.4 Å². The SMILES string of the molecule is O=C(NC1CCCCC1)C(c1ccc(F)cc1)N(C(=O)c1ccc(-c2ccccc2)[nH]1)c1cccc2c1CCCC2. The number of anilines is 1. The molecule has 1 aromatic heterocycles. The molecule has 2 N–H and O–H groups in total. The maximum Gasteiger partial charge on any atom is 0.275 e. The summed E-state index contributed by atoms with van der Waals surface area (Å²) in [5, 5.41) is 3.26. The Bertz CT molecular complexity index is 1510. The summed E-state index contributed by atoms with van der Waals surface area (Å²) in [6.07, 6.45) is 9.09. The Kier molecular flexibility index (Phi) is 7.99. The van der Waals surface area contributed by atoms with Crippen LogP contribution in [0, 0.1) is 5.82 Å². The second-order valence-electron chi connectivity index (χ2n) is 11.2. The first-order valence-corrected chi connectivity index (χ1v) is 14.8. The van der Waals surface area contributed by atoms with E-state index in [0.717, 1.165) is 73.9 Å². The monoisotopic (exact) mass is 549 g/mol. The van der Waals surface area contributed by atoms with Crippen molar-refractivity contribution in [1.82, 2.24) is 10.3 Å². The molecule has 210 valence electrons. The molecule has 1 atom stereocenters. The number of fused-ring (bicyclic) bond motifs is 1. The number of H-pyrrole nitrogens is 1. The predicted octanol–water partition coefficient (Wildman–Crippen LogP) is 7.54. The largest absolute Gasteiger partial charge is 0.351 e. The van der Waals surface area contributed by atoms with Crippen molar-refractivity contribution >= 4 is 17.5 Å². The molecule has 2 aliphatic carbocycles. The van der Waals surface area contributed by atoms with Crippen molar-refractivity contribution in [3.05, 3.63) is 113 Å². The van der Waals surface area contributed by atoms with Gasteiger partial charge in [-0.05, 0) is 91.1 Å². The third-order valence-corrected chi connectivity index (χ3v) is 8.49. The summed E-state index contributed by atoms with van der Waals surface area (Å²) in [7, 11) is 0. The molecule has 1 heterocycles. The lowest BCUT2D eigenvalue weighted by molar-refractivity contribution is -0.123. The first-order chi connectivity index (χ1) is 20.1. The highest BCUT2D eigenvalue weighted by molar-refractivity contribution is 6.10. The highest BCUT2D eigenvalue weighted by atomic mass is 19.1. The van der Waals surface area contributed by atoms with Gasteiger partial charge in [-0.1, -0.05) is 73.9 Å². The van der Waals surface area contributed by atoms with E-state index in [9.17, 15) is 14.0 Å². The number of carbonyl (C=O) groups is 2. The van der Waals surface area contributed by atoms with E-state index in [-0.39, 0.29) is 23.7 Å². The molecule has 5 nitrogen and oxygen atoms in total. The molecule has 0 aliphatic heterocycles. The van der Waals surface area contributed by atoms with Gasteiger partial charge >= 0.3 is 0 Å². The minimum atomic E-state index is -0.957. The van der Waals surface area contributed by atoms with Gasteiger partial charge in [0.1, 0.15) is 17.6 Å². The van der Waals surface area contributed by atoms with Crippen molar-refractivity contribution in [2.24, 2.45) is 0 Å². The van der Waals surface area contributed by atoms with Crippen LogP contribution >= 0.6 is 0 Å². The lowest BCUT2D eigenvalue weighted by atomic mass is 9.89. The summed E-state index contributed by atoms with van der Waals surface area (Å²) in [5.41, 5.74) is 5.85. The van der Waals surface area contributed by atoms with E-state index in [2.05, 4.69) is 16.4 Å². The highest BCUT2D eigenvalue weighted by Gasteiger charge is 2.37. The molecule has 1 unspecified atom stereocenters. The number of aromatic amines is 1. The summed E-state index contributed by atoms with van der Waals surface area (Å²) < 4.78 is 14.1. The number of amides is 2. The number of rotatable bonds is 7. The molecule has 4 aromatic rings. The topological polar surface area (TPSA) is 65.2 Å². The van der Waals surface area contributed by atoms with Gasteiger partial charge in [-0.3, -0.25) is 14.5 Å². The average molecular weight is 550 g/mol. The molecular weight excluding hydrogens is 513 g/mol. The van der Waals surface area contributed by atoms with Crippen LogP contribution in [0.2, 0.25) is 0 Å². The fourth-order valence-corrected chi connectivity index (χ4v) is 6.38. The predicted molar refractivity (Wildman–Crippen MR) is 160 cm³/mol. The maximum absolute atomic E-state index is 14.6. The van der Waals surface area contributed by atoms with Crippen LogP contribution in [0.5, 0.6) is 0 Å². The Hall–Kier alpha value is -4.19. The molecule has 0 bridgehead atoms. The zero-order valence-corrected chi connectivity index (χ0v) is 23.2. The molecule has 3 aromatic carbocycles. The number of aromatic nitrogens is 1. The van der Waals surface area contributed by atoms with Gasteiger partial charge in [0.2, 0.25) is 5.91 Å². The second-order valence-corrected chi connectivity index (χ2v) is 11.2. The molecule has 0 saturated heterocycles. The molecule has 2 aliphatic rings. The molecule has 6 rings (SSSR count). The smallest absolute Gasteiger partial charge is 0.275 e. The van der Waals surface area contributed by atoms with E-state index in [4.69, 9.17) is 0 Å². The van der Waals surface area contributed by atoms with Crippen molar-refractivity contribution in [3.63, 3.8) is 0 Å². The molecule has 1 fully saturated rings. The summed E-state index contributed by atoms with van der Waals surface area (Å²) in [5.74, 6) is -0.911. The van der Waals surface area contributed by atoms with Gasteiger partial charge in [-0.2, -0.15) is 0 Å². The van der Waals surface area contributed by atoms with Gasteiger partial charge < -0.3 is 10.3 Å². The normalized spacial score (nSPS) is 16.0. The fourth-order valence-electron chi connectivity index (χ4n) is 6.38. The number of nitrogens with one attached hydrogen (secondary N) is 2. The summed E-state index contributed by atoms with van der Waals surface area (Å²) in [6, 6.07) is 24.7. The number of nitrogens with zero attached hydrogens (tertiary/aromatic N) is 1. The molecule has 41 heavy (non-hydrogen) atoms. The Morgan fingerprint density at radius 2 is 1.56 bits per heavy atom. The summed E-state index contributed by atoms with van der Waals surface area (Å²) >= 11 is 0. The standard InChI is InChI=1S/C35H36FN3O2/c36-27-20-18-26(19-21-27)33(34(40)37-28-14-5-2-6-15-28)39(32-17-9-13-24-10-7-8-16-29(24)32)35(41)31-23-22-30(38-31)25-11-3-1-4-12-25/h1,3-4,9,11-13,17-23,28,33,38H,2,5-8,10,14-16H2,(H,37,40). The zero-order valence-electron chi connectivity index (χ0n) is 23.2. The van der Waals surface area contributed by atoms with Gasteiger partial charge in [-0.15, -0.1) is 0 Å². The van der Waals surface area contributed by atoms with Crippen molar-refractivity contribution in [1.29, 1.82) is 0 Å². The van der Waals surface area contributed by atoms with Crippen LogP contribution in [0.15, 0.2) is 84.9 Å². The van der Waals surface area contributed by atoms with Crippen LogP contribution < -0.4 is 10.2 Å². The molecule has 0 spiro atoms. The van der Waals surface area contributed by atoms with E-state index in [1.807, 2.05) is 48.5 Å². The molecule has 0 radical (unpaired) electrons. The van der Waals surface area contributed by atoms with E-state index < -0.39 is 6.04 Å². The van der Waals surface area contributed by atoms with Gasteiger partial charge in [0.05, 0.1) is 0 Å². The summed E-state index contributed by atoms with van der Waals surface area (Å²) in [4.78, 5) is 33.8. The van der Waals surface area contributed by atoms with Crippen LogP contribution in [0.1, 0.15) is 78.2 Å². The van der Waals surface area contributed by atoms with Crippen LogP contribution in [0.3, 0.4) is 0 Å². The van der Waals surface area contributed by atoms with E-state index in [1.54, 1.807) is 23.1 Å². The molecule has 6 heteroatoms. The lowest BCUT2D eigenvalue weighted by Crippen LogP contribution is -2.47. The average Bonchev–Trinajstić information content (AvgIpc) is 3.52. The van der Waals surface area contributed by atoms with E-state index in [0.29, 0.717) is 11.3 Å². The Balaban J connectivity index is 1.47. The van der Waals surface area contributed by atoms with Crippen molar-refractivity contribution in [3.8, 4) is 11.3 Å². The third-order valence-electron chi connectivity index (χ3n) is 8.49. The van der Waals surface area contributed by atoms with Gasteiger partial charge in [0.15, 0.2) is 0 Å². The maximum atomic E-state index is 14.6. The minimum Gasteiger partial charge on any atom is -0.351 e. The first kappa shape index (κ1) is 27.0. The number of halogens is 1. The van der Waals surface area contributed by atoms with Gasteiger partial charge in [-0.25, -0.2) is 4.39 Å². The Morgan fingerprint density at radius 1 is 0.805 bits per heavy atom. The third kappa shape index (κ3) is 5.83. The number of hydrogen-bond donors (Lipinski definition) is 2. The molecule has 1 saturated carbocycles. The Morgan fingerprint density at radius 3 is 2.34 bits per heavy atom. The second kappa shape index (κ2) is 12.1.